The largest absolute Gasteiger partial charge is 0.456 e. The van der Waals surface area contributed by atoms with E-state index in [2.05, 4.69) is 4.72 Å². The van der Waals surface area contributed by atoms with Gasteiger partial charge in [-0.15, -0.1) is 11.3 Å². The lowest BCUT2D eigenvalue weighted by Crippen LogP contribution is -2.34. The number of benzene rings is 2. The molecule has 2 heterocycles. The first-order valence-electron chi connectivity index (χ1n) is 10.4. The average molecular weight is 473 g/mol. The summed E-state index contributed by atoms with van der Waals surface area (Å²) in [7, 11) is -3.76. The number of thiophene rings is 1. The van der Waals surface area contributed by atoms with Gasteiger partial charge in [0.05, 0.1) is 17.4 Å². The van der Waals surface area contributed by atoms with Crippen LogP contribution >= 0.6 is 11.3 Å². The lowest BCUT2D eigenvalue weighted by molar-refractivity contribution is -0.152. The van der Waals surface area contributed by atoms with Crippen molar-refractivity contribution in [1.82, 2.24) is 9.62 Å². The Labute approximate surface area is 191 Å². The first-order valence-corrected chi connectivity index (χ1v) is 12.8. The number of rotatable bonds is 8. The fraction of sp³-hybridized carbons (Fsp3) is 0.304. The number of carbonyl (C=O) groups excluding carboxylic acids is 2. The highest BCUT2D eigenvalue weighted by Crippen LogP contribution is 2.34. The SMILES string of the molecule is O=C(CCNS(=O)(=O)c1ccc2ccccc2c1)OCC(=O)N1CCCC1c1cccs1. The van der Waals surface area contributed by atoms with Crippen molar-refractivity contribution in [2.24, 2.45) is 0 Å². The van der Waals surface area contributed by atoms with Gasteiger partial charge < -0.3 is 9.64 Å². The Morgan fingerprint density at radius 1 is 1.09 bits per heavy atom. The number of likely N-dealkylation sites (tertiary alicyclic amines) is 1. The van der Waals surface area contributed by atoms with Crippen LogP contribution < -0.4 is 4.72 Å². The van der Waals surface area contributed by atoms with Crippen molar-refractivity contribution in [3.05, 3.63) is 64.9 Å². The molecule has 1 amide bonds. The molecule has 1 atom stereocenters. The lowest BCUT2D eigenvalue weighted by atomic mass is 10.1. The number of fused-ring (bicyclic) bond motifs is 1. The molecule has 0 saturated carbocycles. The molecule has 9 heteroatoms. The Morgan fingerprint density at radius 3 is 2.69 bits per heavy atom. The maximum atomic E-state index is 12.5. The van der Waals surface area contributed by atoms with Crippen LogP contribution in [-0.4, -0.2) is 44.9 Å². The topological polar surface area (TPSA) is 92.8 Å². The highest BCUT2D eigenvalue weighted by molar-refractivity contribution is 7.89. The van der Waals surface area contributed by atoms with Crippen molar-refractivity contribution < 1.29 is 22.7 Å². The van der Waals surface area contributed by atoms with Crippen molar-refractivity contribution >= 4 is 44.0 Å². The third-order valence-electron chi connectivity index (χ3n) is 5.45. The summed E-state index contributed by atoms with van der Waals surface area (Å²) in [4.78, 5) is 27.6. The second-order valence-corrected chi connectivity index (χ2v) is 10.3. The minimum atomic E-state index is -3.76. The Hall–Kier alpha value is -2.75. The third kappa shape index (κ3) is 5.17. The molecule has 1 N–H and O–H groups in total. The van der Waals surface area contributed by atoms with Gasteiger partial charge in [-0.1, -0.05) is 36.4 Å². The second kappa shape index (κ2) is 9.81. The smallest absolute Gasteiger partial charge is 0.307 e. The predicted molar refractivity (Wildman–Crippen MR) is 123 cm³/mol. The Kier molecular flexibility index (Phi) is 6.88. The Morgan fingerprint density at radius 2 is 1.91 bits per heavy atom. The van der Waals surface area contributed by atoms with Crippen molar-refractivity contribution in [2.45, 2.75) is 30.2 Å². The molecule has 1 saturated heterocycles. The number of nitrogens with one attached hydrogen (secondary N) is 1. The van der Waals surface area contributed by atoms with E-state index in [1.54, 1.807) is 28.4 Å². The van der Waals surface area contributed by atoms with Gasteiger partial charge in [-0.2, -0.15) is 0 Å². The molecule has 1 aliphatic rings. The molecule has 32 heavy (non-hydrogen) atoms. The number of hydrogen-bond acceptors (Lipinski definition) is 6. The Balaban J connectivity index is 1.25. The van der Waals surface area contributed by atoms with Gasteiger partial charge in [0.25, 0.3) is 5.91 Å². The average Bonchev–Trinajstić information content (AvgIpc) is 3.48. The molecule has 7 nitrogen and oxygen atoms in total. The van der Waals surface area contributed by atoms with E-state index in [1.807, 2.05) is 41.8 Å². The zero-order valence-corrected chi connectivity index (χ0v) is 19.0. The van der Waals surface area contributed by atoms with Crippen molar-refractivity contribution in [3.63, 3.8) is 0 Å². The van der Waals surface area contributed by atoms with Gasteiger partial charge in [0.15, 0.2) is 6.61 Å². The normalized spacial score (nSPS) is 16.4. The molecular weight excluding hydrogens is 448 g/mol. The van der Waals surface area contributed by atoms with Crippen LogP contribution in [0, 0.1) is 0 Å². The summed E-state index contributed by atoms with van der Waals surface area (Å²) in [5, 5.41) is 3.74. The summed E-state index contributed by atoms with van der Waals surface area (Å²) in [5.41, 5.74) is 0. The van der Waals surface area contributed by atoms with Gasteiger partial charge in [-0.05, 0) is 47.2 Å². The molecule has 1 unspecified atom stereocenters. The first-order chi connectivity index (χ1) is 15.4. The number of esters is 1. The quantitative estimate of drug-likeness (QED) is 0.507. The zero-order chi connectivity index (χ0) is 22.6. The summed E-state index contributed by atoms with van der Waals surface area (Å²) in [6, 6.07) is 16.3. The summed E-state index contributed by atoms with van der Waals surface area (Å²) < 4.78 is 32.6. The molecule has 1 fully saturated rings. The maximum Gasteiger partial charge on any atom is 0.307 e. The molecule has 0 spiro atoms. The minimum absolute atomic E-state index is 0.0370. The lowest BCUT2D eigenvalue weighted by Gasteiger charge is -2.23. The van der Waals surface area contributed by atoms with Gasteiger partial charge in [-0.25, -0.2) is 13.1 Å². The minimum Gasteiger partial charge on any atom is -0.456 e. The molecule has 1 aromatic heterocycles. The maximum absolute atomic E-state index is 12.5. The van der Waals surface area contributed by atoms with E-state index in [4.69, 9.17) is 4.74 Å². The summed E-state index contributed by atoms with van der Waals surface area (Å²) in [5.74, 6) is -0.850. The summed E-state index contributed by atoms with van der Waals surface area (Å²) >= 11 is 1.61. The number of amides is 1. The van der Waals surface area contributed by atoms with Gasteiger partial charge in [0, 0.05) is 18.0 Å². The highest BCUT2D eigenvalue weighted by atomic mass is 32.2. The van der Waals surface area contributed by atoms with Gasteiger partial charge >= 0.3 is 5.97 Å². The second-order valence-electron chi connectivity index (χ2n) is 7.58. The third-order valence-corrected chi connectivity index (χ3v) is 7.89. The van der Waals surface area contributed by atoms with Gasteiger partial charge in [0.2, 0.25) is 10.0 Å². The molecule has 0 aliphatic carbocycles. The van der Waals surface area contributed by atoms with Crippen LogP contribution in [-0.2, 0) is 24.3 Å². The summed E-state index contributed by atoms with van der Waals surface area (Å²) in [6.07, 6.45) is 1.66. The van der Waals surface area contributed by atoms with Crippen molar-refractivity contribution in [1.29, 1.82) is 0 Å². The zero-order valence-electron chi connectivity index (χ0n) is 17.4. The van der Waals surface area contributed by atoms with Crippen LogP contribution in [0.2, 0.25) is 0 Å². The molecular formula is C23H24N2O5S2. The monoisotopic (exact) mass is 472 g/mol. The first kappa shape index (κ1) is 22.4. The molecule has 1 aliphatic heterocycles. The van der Waals surface area contributed by atoms with Gasteiger partial charge in [-0.3, -0.25) is 9.59 Å². The fourth-order valence-electron chi connectivity index (χ4n) is 3.84. The number of hydrogen-bond donors (Lipinski definition) is 1. The molecule has 2 aromatic carbocycles. The molecule has 0 radical (unpaired) electrons. The predicted octanol–water partition coefficient (Wildman–Crippen LogP) is 3.48. The van der Waals surface area contributed by atoms with Crippen LogP contribution in [0.15, 0.2) is 64.9 Å². The van der Waals surface area contributed by atoms with Crippen LogP contribution in [0.4, 0.5) is 0 Å². The standard InChI is InChI=1S/C23H24N2O5S2/c26-22(25-13-3-7-20(25)21-8-4-14-31-21)16-30-23(27)11-12-24-32(28,29)19-10-9-17-5-1-2-6-18(17)15-19/h1-2,4-6,8-10,14-15,20,24H,3,7,11-13,16H2. The number of ether oxygens (including phenoxy) is 1. The number of sulfonamides is 1. The Bertz CT molecular complexity index is 1210. The van der Waals surface area contributed by atoms with Crippen LogP contribution in [0.25, 0.3) is 10.8 Å². The van der Waals surface area contributed by atoms with Crippen LogP contribution in [0.3, 0.4) is 0 Å². The van der Waals surface area contributed by atoms with E-state index in [0.29, 0.717) is 6.54 Å². The fourth-order valence-corrected chi connectivity index (χ4v) is 5.78. The van der Waals surface area contributed by atoms with E-state index >= 15 is 0 Å². The summed E-state index contributed by atoms with van der Waals surface area (Å²) in [6.45, 7) is 0.201. The molecule has 0 bridgehead atoms. The van der Waals surface area contributed by atoms with E-state index < -0.39 is 16.0 Å². The van der Waals surface area contributed by atoms with E-state index in [9.17, 15) is 18.0 Å². The van der Waals surface area contributed by atoms with E-state index in [-0.39, 0.29) is 36.4 Å². The van der Waals surface area contributed by atoms with Crippen molar-refractivity contribution in [2.75, 3.05) is 19.7 Å². The highest BCUT2D eigenvalue weighted by Gasteiger charge is 2.31. The number of nitrogens with zero attached hydrogens (tertiary/aromatic N) is 1. The van der Waals surface area contributed by atoms with Crippen LogP contribution in [0.1, 0.15) is 30.2 Å². The van der Waals surface area contributed by atoms with Crippen LogP contribution in [0.5, 0.6) is 0 Å². The van der Waals surface area contributed by atoms with E-state index in [0.717, 1.165) is 28.5 Å². The number of carbonyl (C=O) groups is 2. The molecule has 4 rings (SSSR count). The van der Waals surface area contributed by atoms with E-state index in [1.165, 1.54) is 6.07 Å². The van der Waals surface area contributed by atoms with Crippen molar-refractivity contribution in [3.8, 4) is 0 Å². The van der Waals surface area contributed by atoms with Gasteiger partial charge in [0.1, 0.15) is 0 Å². The molecule has 3 aromatic rings. The molecule has 168 valence electrons.